The molecule has 0 unspecified atom stereocenters. The van der Waals surface area contributed by atoms with Gasteiger partial charge >= 0.3 is 18.0 Å². The van der Waals surface area contributed by atoms with Crippen molar-refractivity contribution in [3.05, 3.63) is 48.0 Å². The molecule has 55 heavy (non-hydrogen) atoms. The van der Waals surface area contributed by atoms with Crippen molar-refractivity contribution in [2.24, 2.45) is 0 Å². The zero-order valence-corrected chi connectivity index (χ0v) is 34.1. The number of piperidine rings is 2. The number of nitrogens with zero attached hydrogens (tertiary/aromatic N) is 9. The van der Waals surface area contributed by atoms with Gasteiger partial charge < -0.3 is 24.4 Å². The van der Waals surface area contributed by atoms with Crippen LogP contribution in [0.5, 0.6) is 0 Å². The summed E-state index contributed by atoms with van der Waals surface area (Å²) < 4.78 is 19.5. The largest absolute Gasteiger partial charge is 0.461 e. The lowest BCUT2D eigenvalue weighted by molar-refractivity contribution is 0.0179. The van der Waals surface area contributed by atoms with Crippen molar-refractivity contribution >= 4 is 41.6 Å². The van der Waals surface area contributed by atoms with Gasteiger partial charge in [-0.1, -0.05) is 23.5 Å². The Morgan fingerprint density at radius 3 is 1.62 bits per heavy atom. The Morgan fingerprint density at radius 2 is 1.20 bits per heavy atom. The van der Waals surface area contributed by atoms with Crippen LogP contribution in [0.4, 0.5) is 4.79 Å². The molecule has 2 aliphatic rings. The van der Waals surface area contributed by atoms with Crippen LogP contribution in [0, 0.1) is 0 Å². The number of hydrogen-bond donors (Lipinski definition) is 1. The van der Waals surface area contributed by atoms with E-state index >= 15 is 0 Å². The molecule has 2 saturated heterocycles. The molecule has 6 rings (SSSR count). The molecule has 296 valence electrons. The van der Waals surface area contributed by atoms with Gasteiger partial charge in [0, 0.05) is 37.6 Å². The summed E-state index contributed by atoms with van der Waals surface area (Å²) in [6.07, 6.45) is 10.1. The second kappa shape index (κ2) is 19.4. The van der Waals surface area contributed by atoms with E-state index in [0.29, 0.717) is 77.0 Å². The topological polar surface area (TPSA) is 181 Å². The van der Waals surface area contributed by atoms with Crippen LogP contribution in [-0.4, -0.2) is 120 Å². The molecule has 0 radical (unpaired) electrons. The lowest BCUT2D eigenvalue weighted by Gasteiger charge is -2.33. The minimum absolute atomic E-state index is 0.0336. The third-order valence-electron chi connectivity index (χ3n) is 8.71. The van der Waals surface area contributed by atoms with E-state index in [1.54, 1.807) is 54.0 Å². The molecule has 18 heteroatoms. The van der Waals surface area contributed by atoms with Crippen molar-refractivity contribution in [2.45, 2.75) is 88.3 Å². The van der Waals surface area contributed by atoms with Gasteiger partial charge in [0.1, 0.15) is 28.4 Å². The van der Waals surface area contributed by atoms with E-state index in [1.165, 1.54) is 23.5 Å². The molecule has 4 aromatic rings. The second-order valence-corrected chi connectivity index (χ2v) is 15.2. The quantitative estimate of drug-likeness (QED) is 0.0857. The molecular formula is C37H50N10O6S2. The van der Waals surface area contributed by atoms with Gasteiger partial charge in [0.25, 0.3) is 0 Å². The molecule has 4 aromatic heterocycles. The summed E-state index contributed by atoms with van der Waals surface area (Å²) in [6, 6.07) is 7.22. The van der Waals surface area contributed by atoms with Crippen LogP contribution >= 0.6 is 23.5 Å². The number of ether oxygens (including phenoxy) is 3. The molecule has 1 amide bonds. The maximum atomic E-state index is 12.6. The van der Waals surface area contributed by atoms with E-state index in [2.05, 4.69) is 30.4 Å². The highest BCUT2D eigenvalue weighted by molar-refractivity contribution is 7.98. The maximum absolute atomic E-state index is 12.6. The monoisotopic (exact) mass is 794 g/mol. The van der Waals surface area contributed by atoms with Crippen LogP contribution in [0.3, 0.4) is 0 Å². The third kappa shape index (κ3) is 11.0. The number of esters is 2. The van der Waals surface area contributed by atoms with Crippen LogP contribution in [-0.2, 0) is 14.2 Å². The number of likely N-dealkylation sites (tertiary alicyclic amines) is 1. The summed E-state index contributed by atoms with van der Waals surface area (Å²) in [7, 11) is 0. The number of amides is 1. The first-order valence-electron chi connectivity index (χ1n) is 18.4. The van der Waals surface area contributed by atoms with Gasteiger partial charge in [-0.25, -0.2) is 34.3 Å². The van der Waals surface area contributed by atoms with Gasteiger partial charge in [-0.3, -0.25) is 9.36 Å². The molecule has 6 heterocycles. The molecule has 16 nitrogen and oxygen atoms in total. The second-order valence-electron chi connectivity index (χ2n) is 13.7. The van der Waals surface area contributed by atoms with E-state index in [9.17, 15) is 14.4 Å². The van der Waals surface area contributed by atoms with E-state index < -0.39 is 11.6 Å². The van der Waals surface area contributed by atoms with E-state index in [0.717, 1.165) is 25.9 Å². The minimum Gasteiger partial charge on any atom is -0.461 e. The number of hydrogen-bond acceptors (Lipinski definition) is 15. The van der Waals surface area contributed by atoms with E-state index in [1.807, 2.05) is 44.0 Å². The smallest absolute Gasteiger partial charge is 0.410 e. The van der Waals surface area contributed by atoms with Crippen LogP contribution in [0.15, 0.2) is 47.0 Å². The average molecular weight is 795 g/mol. The maximum Gasteiger partial charge on any atom is 0.410 e. The first-order valence-corrected chi connectivity index (χ1v) is 20.9. The molecule has 0 bridgehead atoms. The Kier molecular flexibility index (Phi) is 14.6. The molecular weight excluding hydrogens is 745 g/mol. The van der Waals surface area contributed by atoms with Gasteiger partial charge in [0.2, 0.25) is 0 Å². The fourth-order valence-electron chi connectivity index (χ4n) is 6.15. The molecule has 0 atom stereocenters. The molecule has 0 spiro atoms. The summed E-state index contributed by atoms with van der Waals surface area (Å²) in [5.41, 5.74) is 2.97. The van der Waals surface area contributed by atoms with Gasteiger partial charge in [0.15, 0.2) is 10.3 Å². The number of thioether (sulfide) groups is 2. The molecule has 0 saturated carbocycles. The molecule has 2 aliphatic heterocycles. The number of aromatic nitrogens is 8. The standard InChI is InChI=1S/C21H29N5O4S.C16H21N5O2S/c1-6-29-18(27)17-13-16(15-7-10-22-19(23-15)31-5)24-26(17)14-8-11-25(12-9-14)20(28)30-21(2,3)4;1-3-23-15(22)14-10-13(12-6-9-18-16(19-12)24-2)20-21(14)11-4-7-17-8-5-11/h7,10,13-14H,6,8-9,11-12H2,1-5H3;6,9-11,17H,3-5,7-8H2,1-2H3. The Morgan fingerprint density at radius 1 is 0.745 bits per heavy atom. The lowest BCUT2D eigenvalue weighted by atomic mass is 10.1. The predicted octanol–water partition coefficient (Wildman–Crippen LogP) is 5.97. The average Bonchev–Trinajstić information content (AvgIpc) is 3.85. The van der Waals surface area contributed by atoms with Crippen molar-refractivity contribution < 1.29 is 28.6 Å². The van der Waals surface area contributed by atoms with Crippen LogP contribution < -0.4 is 5.32 Å². The first-order chi connectivity index (χ1) is 26.4. The van der Waals surface area contributed by atoms with Crippen molar-refractivity contribution in [3.63, 3.8) is 0 Å². The Bertz CT molecular complexity index is 1920. The summed E-state index contributed by atoms with van der Waals surface area (Å²) >= 11 is 2.91. The Balaban J connectivity index is 0.000000218. The molecule has 0 aromatic carbocycles. The molecule has 0 aliphatic carbocycles. The highest BCUT2D eigenvalue weighted by Gasteiger charge is 2.31. The van der Waals surface area contributed by atoms with E-state index in [-0.39, 0.29) is 30.8 Å². The number of rotatable bonds is 10. The highest BCUT2D eigenvalue weighted by atomic mass is 32.2. The predicted molar refractivity (Wildman–Crippen MR) is 209 cm³/mol. The normalized spacial score (nSPS) is 15.2. The molecule has 1 N–H and O–H groups in total. The summed E-state index contributed by atoms with van der Waals surface area (Å²) in [5, 5.41) is 14.0. The van der Waals surface area contributed by atoms with Crippen molar-refractivity contribution in [3.8, 4) is 22.8 Å². The summed E-state index contributed by atoms with van der Waals surface area (Å²) in [4.78, 5) is 56.3. The fourth-order valence-corrected chi connectivity index (χ4v) is 6.86. The summed E-state index contributed by atoms with van der Waals surface area (Å²) in [5.74, 6) is -0.760. The van der Waals surface area contributed by atoms with Gasteiger partial charge in [-0.15, -0.1) is 0 Å². The first kappa shape index (κ1) is 41.6. The van der Waals surface area contributed by atoms with Crippen LogP contribution in [0.25, 0.3) is 22.8 Å². The third-order valence-corrected chi connectivity index (χ3v) is 9.84. The Labute approximate surface area is 329 Å². The van der Waals surface area contributed by atoms with Gasteiger partial charge in [-0.05, 0) is 98.0 Å². The lowest BCUT2D eigenvalue weighted by Crippen LogP contribution is -2.42. The summed E-state index contributed by atoms with van der Waals surface area (Å²) in [6.45, 7) is 12.7. The highest BCUT2D eigenvalue weighted by Crippen LogP contribution is 2.29. The van der Waals surface area contributed by atoms with Gasteiger partial charge in [0.05, 0.1) is 36.7 Å². The van der Waals surface area contributed by atoms with Gasteiger partial charge in [-0.2, -0.15) is 10.2 Å². The fraction of sp³-hybridized carbons (Fsp3) is 0.541. The van der Waals surface area contributed by atoms with Crippen LogP contribution in [0.2, 0.25) is 0 Å². The molecule has 2 fully saturated rings. The van der Waals surface area contributed by atoms with Crippen molar-refractivity contribution in [1.82, 2.24) is 49.7 Å². The number of nitrogens with one attached hydrogen (secondary N) is 1. The van der Waals surface area contributed by atoms with E-state index in [4.69, 9.17) is 19.3 Å². The zero-order valence-electron chi connectivity index (χ0n) is 32.5. The minimum atomic E-state index is -0.533. The SMILES string of the molecule is CCOC(=O)c1cc(-c2ccnc(SC)n2)nn1C1CCN(C(=O)OC(C)(C)C)CC1.CCOC(=O)c1cc(-c2ccnc(SC)n2)nn1C1CCNCC1. The van der Waals surface area contributed by atoms with Crippen molar-refractivity contribution in [1.29, 1.82) is 0 Å². The number of carbonyl (C=O) groups excluding carboxylic acids is 3. The Hall–Kier alpha value is -4.55. The van der Waals surface area contributed by atoms with Crippen LogP contribution in [0.1, 0.15) is 93.4 Å². The van der Waals surface area contributed by atoms with Crippen molar-refractivity contribution in [2.75, 3.05) is 51.9 Å². The zero-order chi connectivity index (χ0) is 39.5. The number of carbonyl (C=O) groups is 3.